The number of fused-ring (bicyclic) bond motifs is 1. The van der Waals surface area contributed by atoms with E-state index in [1.807, 2.05) is 13.8 Å². The predicted molar refractivity (Wildman–Crippen MR) is 72.2 cm³/mol. The molecule has 1 aromatic carbocycles. The standard InChI is InChI=1S/C15H17FO3/c1-3-5-11-9-10-6-7-12(18-8-4-2)14(16)13(10)15(17)19-11/h6-7,9H,3-5,8H2,1-2H3. The molecule has 0 amide bonds. The maximum absolute atomic E-state index is 14.2. The lowest BCUT2D eigenvalue weighted by atomic mass is 10.1. The van der Waals surface area contributed by atoms with Gasteiger partial charge >= 0.3 is 5.63 Å². The molecule has 0 aliphatic heterocycles. The van der Waals surface area contributed by atoms with E-state index in [2.05, 4.69) is 0 Å². The molecule has 1 heterocycles. The summed E-state index contributed by atoms with van der Waals surface area (Å²) in [7, 11) is 0. The number of aryl methyl sites for hydroxylation is 1. The van der Waals surface area contributed by atoms with Gasteiger partial charge in [0.25, 0.3) is 0 Å². The summed E-state index contributed by atoms with van der Waals surface area (Å²) in [5.41, 5.74) is -0.639. The first kappa shape index (κ1) is 13.6. The number of hydrogen-bond donors (Lipinski definition) is 0. The molecule has 0 unspecified atom stereocenters. The van der Waals surface area contributed by atoms with Crippen molar-refractivity contribution in [3.05, 3.63) is 40.2 Å². The maximum Gasteiger partial charge on any atom is 0.346 e. The zero-order valence-electron chi connectivity index (χ0n) is 11.2. The zero-order valence-corrected chi connectivity index (χ0v) is 11.2. The highest BCUT2D eigenvalue weighted by Crippen LogP contribution is 2.25. The number of ether oxygens (including phenoxy) is 1. The van der Waals surface area contributed by atoms with Crippen LogP contribution in [0.1, 0.15) is 32.4 Å². The second kappa shape index (κ2) is 5.87. The summed E-state index contributed by atoms with van der Waals surface area (Å²) < 4.78 is 24.6. The molecule has 0 saturated heterocycles. The molecular weight excluding hydrogens is 247 g/mol. The maximum atomic E-state index is 14.2. The molecule has 1 aromatic heterocycles. The average Bonchev–Trinajstić information content (AvgIpc) is 2.38. The summed E-state index contributed by atoms with van der Waals surface area (Å²) in [5, 5.41) is 0.523. The SMILES string of the molecule is CCCOc1ccc2cc(CCC)oc(=O)c2c1F. The quantitative estimate of drug-likeness (QED) is 0.827. The van der Waals surface area contributed by atoms with Gasteiger partial charge in [0.05, 0.1) is 6.61 Å². The second-order valence-corrected chi connectivity index (χ2v) is 4.44. The second-order valence-electron chi connectivity index (χ2n) is 4.44. The Balaban J connectivity index is 2.54. The average molecular weight is 264 g/mol. The van der Waals surface area contributed by atoms with Crippen LogP contribution >= 0.6 is 0 Å². The van der Waals surface area contributed by atoms with Crippen molar-refractivity contribution in [2.75, 3.05) is 6.61 Å². The third kappa shape index (κ3) is 2.78. The van der Waals surface area contributed by atoms with Crippen molar-refractivity contribution in [3.63, 3.8) is 0 Å². The van der Waals surface area contributed by atoms with E-state index in [1.165, 1.54) is 0 Å². The first-order valence-electron chi connectivity index (χ1n) is 6.55. The van der Waals surface area contributed by atoms with Gasteiger partial charge in [-0.2, -0.15) is 0 Å². The Morgan fingerprint density at radius 3 is 2.74 bits per heavy atom. The van der Waals surface area contributed by atoms with Gasteiger partial charge in [0, 0.05) is 6.42 Å². The largest absolute Gasteiger partial charge is 0.491 e. The lowest BCUT2D eigenvalue weighted by Gasteiger charge is -2.08. The van der Waals surface area contributed by atoms with Crippen molar-refractivity contribution in [1.82, 2.24) is 0 Å². The van der Waals surface area contributed by atoms with Crippen LogP contribution in [0.4, 0.5) is 4.39 Å². The third-order valence-electron chi connectivity index (χ3n) is 2.84. The lowest BCUT2D eigenvalue weighted by molar-refractivity contribution is 0.302. The van der Waals surface area contributed by atoms with Gasteiger partial charge in [0.1, 0.15) is 11.1 Å². The van der Waals surface area contributed by atoms with Crippen LogP contribution in [0.15, 0.2) is 27.4 Å². The van der Waals surface area contributed by atoms with E-state index < -0.39 is 11.4 Å². The molecule has 2 rings (SSSR count). The number of benzene rings is 1. The molecule has 0 N–H and O–H groups in total. The summed E-state index contributed by atoms with van der Waals surface area (Å²) >= 11 is 0. The summed E-state index contributed by atoms with van der Waals surface area (Å²) in [6, 6.07) is 4.97. The van der Waals surface area contributed by atoms with Crippen LogP contribution in [0.5, 0.6) is 5.75 Å². The first-order chi connectivity index (χ1) is 9.17. The summed E-state index contributed by atoms with van der Waals surface area (Å²) in [4.78, 5) is 11.9. The van der Waals surface area contributed by atoms with E-state index in [4.69, 9.17) is 9.15 Å². The van der Waals surface area contributed by atoms with Gasteiger partial charge in [-0.3, -0.25) is 0 Å². The van der Waals surface area contributed by atoms with Crippen LogP contribution < -0.4 is 10.4 Å². The molecular formula is C15H17FO3. The van der Waals surface area contributed by atoms with E-state index in [1.54, 1.807) is 18.2 Å². The van der Waals surface area contributed by atoms with Crippen molar-refractivity contribution >= 4 is 10.8 Å². The Morgan fingerprint density at radius 1 is 1.26 bits per heavy atom. The normalized spacial score (nSPS) is 10.9. The topological polar surface area (TPSA) is 39.4 Å². The van der Waals surface area contributed by atoms with E-state index in [9.17, 15) is 9.18 Å². The first-order valence-corrected chi connectivity index (χ1v) is 6.55. The molecule has 0 spiro atoms. The number of halogens is 1. The number of hydrogen-bond acceptors (Lipinski definition) is 3. The Morgan fingerprint density at radius 2 is 2.05 bits per heavy atom. The molecule has 0 atom stereocenters. The highest BCUT2D eigenvalue weighted by Gasteiger charge is 2.14. The van der Waals surface area contributed by atoms with Crippen molar-refractivity contribution in [3.8, 4) is 5.75 Å². The molecule has 3 nitrogen and oxygen atoms in total. The van der Waals surface area contributed by atoms with E-state index in [0.717, 1.165) is 12.8 Å². The van der Waals surface area contributed by atoms with E-state index in [-0.39, 0.29) is 11.1 Å². The Labute approximate surface area is 111 Å². The zero-order chi connectivity index (χ0) is 13.8. The van der Waals surface area contributed by atoms with Crippen LogP contribution in [0.25, 0.3) is 10.8 Å². The van der Waals surface area contributed by atoms with Crippen molar-refractivity contribution in [2.24, 2.45) is 0 Å². The van der Waals surface area contributed by atoms with Crippen LogP contribution in [0.3, 0.4) is 0 Å². The molecule has 102 valence electrons. The molecule has 0 radical (unpaired) electrons. The molecule has 19 heavy (non-hydrogen) atoms. The van der Waals surface area contributed by atoms with E-state index in [0.29, 0.717) is 24.2 Å². The highest BCUT2D eigenvalue weighted by molar-refractivity contribution is 5.83. The fourth-order valence-corrected chi connectivity index (χ4v) is 1.97. The Kier molecular flexibility index (Phi) is 4.20. The highest BCUT2D eigenvalue weighted by atomic mass is 19.1. The lowest BCUT2D eigenvalue weighted by Crippen LogP contribution is -2.06. The van der Waals surface area contributed by atoms with Gasteiger partial charge in [-0.25, -0.2) is 9.18 Å². The number of rotatable bonds is 5. The molecule has 4 heteroatoms. The van der Waals surface area contributed by atoms with Crippen LogP contribution in [-0.4, -0.2) is 6.61 Å². The smallest absolute Gasteiger partial charge is 0.346 e. The molecule has 0 fully saturated rings. The minimum Gasteiger partial charge on any atom is -0.491 e. The van der Waals surface area contributed by atoms with Crippen LogP contribution in [0, 0.1) is 5.82 Å². The van der Waals surface area contributed by atoms with E-state index >= 15 is 0 Å². The molecule has 0 bridgehead atoms. The predicted octanol–water partition coefficient (Wildman–Crippen LogP) is 3.67. The van der Waals surface area contributed by atoms with Gasteiger partial charge < -0.3 is 9.15 Å². The monoisotopic (exact) mass is 264 g/mol. The minimum atomic E-state index is -0.639. The summed E-state index contributed by atoms with van der Waals surface area (Å²) in [6.07, 6.45) is 2.32. The molecule has 2 aromatic rings. The van der Waals surface area contributed by atoms with Gasteiger partial charge in [0.15, 0.2) is 11.6 Å². The van der Waals surface area contributed by atoms with Crippen molar-refractivity contribution in [2.45, 2.75) is 33.1 Å². The minimum absolute atomic E-state index is 0.0338. The fourth-order valence-electron chi connectivity index (χ4n) is 1.97. The van der Waals surface area contributed by atoms with Crippen molar-refractivity contribution < 1.29 is 13.5 Å². The van der Waals surface area contributed by atoms with Gasteiger partial charge in [-0.15, -0.1) is 0 Å². The molecule has 0 saturated carbocycles. The van der Waals surface area contributed by atoms with Crippen LogP contribution in [-0.2, 0) is 6.42 Å². The van der Waals surface area contributed by atoms with Gasteiger partial charge in [-0.1, -0.05) is 19.9 Å². The Bertz CT molecular complexity index is 631. The molecule has 0 aliphatic rings. The third-order valence-corrected chi connectivity index (χ3v) is 2.84. The fraction of sp³-hybridized carbons (Fsp3) is 0.400. The molecule has 0 aliphatic carbocycles. The summed E-state index contributed by atoms with van der Waals surface area (Å²) in [5.74, 6) is 0.0502. The van der Waals surface area contributed by atoms with Gasteiger partial charge in [-0.05, 0) is 30.4 Å². The van der Waals surface area contributed by atoms with Crippen molar-refractivity contribution in [1.29, 1.82) is 0 Å². The van der Waals surface area contributed by atoms with Gasteiger partial charge in [0.2, 0.25) is 0 Å². The summed E-state index contributed by atoms with van der Waals surface area (Å²) in [6.45, 7) is 4.35. The van der Waals surface area contributed by atoms with Crippen LogP contribution in [0.2, 0.25) is 0 Å². The Hall–Kier alpha value is -1.84.